The van der Waals surface area contributed by atoms with Gasteiger partial charge in [-0.2, -0.15) is 13.9 Å². The first kappa shape index (κ1) is 21.9. The van der Waals surface area contributed by atoms with Crippen LogP contribution in [0.5, 0.6) is 5.75 Å². The number of rotatable bonds is 9. The van der Waals surface area contributed by atoms with E-state index in [4.69, 9.17) is 10.5 Å². The Morgan fingerprint density at radius 2 is 1.90 bits per heavy atom. The Kier molecular flexibility index (Phi) is 6.96. The molecule has 2 aromatic carbocycles. The average molecular weight is 428 g/mol. The first-order chi connectivity index (χ1) is 14.9. The van der Waals surface area contributed by atoms with Crippen LogP contribution in [0.15, 0.2) is 60.8 Å². The van der Waals surface area contributed by atoms with Crippen molar-refractivity contribution in [2.24, 2.45) is 5.73 Å². The molecule has 0 radical (unpaired) electrons. The van der Waals surface area contributed by atoms with E-state index >= 15 is 0 Å². The molecule has 1 atom stereocenters. The summed E-state index contributed by atoms with van der Waals surface area (Å²) in [6.07, 6.45) is 1.24. The van der Waals surface area contributed by atoms with Crippen molar-refractivity contribution in [3.05, 3.63) is 71.9 Å². The second-order valence-corrected chi connectivity index (χ2v) is 6.91. The number of nitrogens with two attached hydrogens (primary N) is 1. The fourth-order valence-corrected chi connectivity index (χ4v) is 3.22. The van der Waals surface area contributed by atoms with Gasteiger partial charge in [0.25, 0.3) is 5.91 Å². The first-order valence-electron chi connectivity index (χ1n) is 9.52. The third-order valence-corrected chi connectivity index (χ3v) is 4.63. The molecule has 1 unspecified atom stereocenters. The smallest absolute Gasteiger partial charge is 0.333 e. The number of alkyl halides is 2. The number of methoxy groups -OCH3 is 1. The third kappa shape index (κ3) is 5.65. The lowest BCUT2D eigenvalue weighted by Gasteiger charge is -2.17. The van der Waals surface area contributed by atoms with Gasteiger partial charge in [0.05, 0.1) is 12.7 Å². The zero-order valence-electron chi connectivity index (χ0n) is 16.8. The molecule has 0 saturated heterocycles. The van der Waals surface area contributed by atoms with Crippen molar-refractivity contribution in [1.29, 1.82) is 0 Å². The maximum atomic E-state index is 13.3. The number of primary amides is 1. The van der Waals surface area contributed by atoms with Crippen molar-refractivity contribution in [3.8, 4) is 17.0 Å². The van der Waals surface area contributed by atoms with Gasteiger partial charge in [0.15, 0.2) is 0 Å². The van der Waals surface area contributed by atoms with Crippen LogP contribution in [0.1, 0.15) is 28.9 Å². The van der Waals surface area contributed by atoms with Gasteiger partial charge in [-0.1, -0.05) is 42.5 Å². The summed E-state index contributed by atoms with van der Waals surface area (Å²) in [5.41, 5.74) is 6.71. The number of ether oxygens (including phenoxy) is 1. The molecule has 0 aliphatic rings. The number of halogens is 2. The lowest BCUT2D eigenvalue weighted by atomic mass is 10.0. The predicted molar refractivity (Wildman–Crippen MR) is 111 cm³/mol. The van der Waals surface area contributed by atoms with E-state index in [9.17, 15) is 18.4 Å². The molecule has 31 heavy (non-hydrogen) atoms. The van der Waals surface area contributed by atoms with Crippen LogP contribution in [-0.2, 0) is 11.2 Å². The summed E-state index contributed by atoms with van der Waals surface area (Å²) in [5.74, 6) is -0.726. The van der Waals surface area contributed by atoms with Gasteiger partial charge in [-0.3, -0.25) is 9.59 Å². The van der Waals surface area contributed by atoms with Crippen molar-refractivity contribution < 1.29 is 23.1 Å². The highest BCUT2D eigenvalue weighted by Gasteiger charge is 2.24. The van der Waals surface area contributed by atoms with Crippen molar-refractivity contribution in [3.63, 3.8) is 0 Å². The number of amides is 2. The summed E-state index contributed by atoms with van der Waals surface area (Å²) >= 11 is 0. The Morgan fingerprint density at radius 1 is 1.16 bits per heavy atom. The van der Waals surface area contributed by atoms with Crippen LogP contribution in [0.3, 0.4) is 0 Å². The molecule has 3 aromatic rings. The van der Waals surface area contributed by atoms with E-state index in [0.29, 0.717) is 22.4 Å². The number of hydrogen-bond acceptors (Lipinski definition) is 4. The van der Waals surface area contributed by atoms with Crippen molar-refractivity contribution in [2.45, 2.75) is 25.4 Å². The van der Waals surface area contributed by atoms with Gasteiger partial charge in [0.2, 0.25) is 5.91 Å². The highest BCUT2D eigenvalue weighted by Crippen LogP contribution is 2.27. The van der Waals surface area contributed by atoms with Crippen LogP contribution >= 0.6 is 0 Å². The fourth-order valence-electron chi connectivity index (χ4n) is 3.22. The molecule has 9 heteroatoms. The molecule has 7 nitrogen and oxygen atoms in total. The number of carbonyl (C=O) groups is 2. The maximum absolute atomic E-state index is 13.3. The van der Waals surface area contributed by atoms with Gasteiger partial charge in [0.1, 0.15) is 11.4 Å². The summed E-state index contributed by atoms with van der Waals surface area (Å²) in [4.78, 5) is 24.5. The van der Waals surface area contributed by atoms with Gasteiger partial charge >= 0.3 is 6.55 Å². The molecular formula is C22H22F2N4O3. The van der Waals surface area contributed by atoms with Gasteiger partial charge in [0, 0.05) is 24.2 Å². The van der Waals surface area contributed by atoms with Crippen LogP contribution in [0.2, 0.25) is 0 Å². The van der Waals surface area contributed by atoms with Gasteiger partial charge in [-0.25, -0.2) is 4.68 Å². The zero-order chi connectivity index (χ0) is 22.4. The first-order valence-corrected chi connectivity index (χ1v) is 9.52. The van der Waals surface area contributed by atoms with E-state index < -0.39 is 24.4 Å². The standard InChI is InChI=1S/C22H22F2N4O3/c1-31-17-9-5-8-15(11-17)20-18(13-28(27-20)22(23)24)21(30)26-16(12-19(25)29)10-14-6-3-2-4-7-14/h2-9,11,13,16,22H,10,12H2,1H3,(H2,25,29)(H,26,30). The number of carbonyl (C=O) groups excluding carboxylic acids is 2. The van der Waals surface area contributed by atoms with Crippen molar-refractivity contribution in [1.82, 2.24) is 15.1 Å². The van der Waals surface area contributed by atoms with E-state index in [1.807, 2.05) is 30.3 Å². The monoisotopic (exact) mass is 428 g/mol. The van der Waals surface area contributed by atoms with Crippen LogP contribution in [-0.4, -0.2) is 34.7 Å². The summed E-state index contributed by atoms with van der Waals surface area (Å²) in [6.45, 7) is -2.92. The number of benzene rings is 2. The van der Waals surface area contributed by atoms with Crippen LogP contribution in [0.4, 0.5) is 8.78 Å². The topological polar surface area (TPSA) is 99.2 Å². The van der Waals surface area contributed by atoms with Crippen molar-refractivity contribution >= 4 is 11.8 Å². The summed E-state index contributed by atoms with van der Waals surface area (Å²) < 4.78 is 32.2. The molecule has 0 spiro atoms. The molecule has 0 aliphatic carbocycles. The SMILES string of the molecule is COc1cccc(-c2nn(C(F)F)cc2C(=O)NC(CC(N)=O)Cc2ccccc2)c1. The second kappa shape index (κ2) is 9.84. The summed E-state index contributed by atoms with van der Waals surface area (Å²) in [7, 11) is 1.47. The van der Waals surface area contributed by atoms with E-state index in [1.54, 1.807) is 24.3 Å². The molecule has 0 fully saturated rings. The highest BCUT2D eigenvalue weighted by atomic mass is 19.3. The normalized spacial score (nSPS) is 11.9. The lowest BCUT2D eigenvalue weighted by Crippen LogP contribution is -2.39. The predicted octanol–water partition coefficient (Wildman–Crippen LogP) is 3.17. The Bertz CT molecular complexity index is 1050. The minimum Gasteiger partial charge on any atom is -0.497 e. The molecule has 2 amide bonds. The second-order valence-electron chi connectivity index (χ2n) is 6.91. The lowest BCUT2D eigenvalue weighted by molar-refractivity contribution is -0.118. The molecule has 1 heterocycles. The maximum Gasteiger partial charge on any atom is 0.333 e. The number of hydrogen-bond donors (Lipinski definition) is 2. The fraction of sp³-hybridized carbons (Fsp3) is 0.227. The summed E-state index contributed by atoms with van der Waals surface area (Å²) in [6, 6.07) is 15.2. The Balaban J connectivity index is 1.92. The average Bonchev–Trinajstić information content (AvgIpc) is 3.20. The number of nitrogens with zero attached hydrogens (tertiary/aromatic N) is 2. The van der Waals surface area contributed by atoms with Crippen LogP contribution in [0, 0.1) is 0 Å². The number of aromatic nitrogens is 2. The van der Waals surface area contributed by atoms with Gasteiger partial charge < -0.3 is 15.8 Å². The van der Waals surface area contributed by atoms with E-state index in [-0.39, 0.29) is 17.7 Å². The quantitative estimate of drug-likeness (QED) is 0.547. The van der Waals surface area contributed by atoms with Crippen LogP contribution < -0.4 is 15.8 Å². The molecule has 0 aliphatic heterocycles. The summed E-state index contributed by atoms with van der Waals surface area (Å²) in [5, 5.41) is 6.62. The Morgan fingerprint density at radius 3 is 2.55 bits per heavy atom. The van der Waals surface area contributed by atoms with Gasteiger partial charge in [-0.05, 0) is 24.1 Å². The third-order valence-electron chi connectivity index (χ3n) is 4.63. The highest BCUT2D eigenvalue weighted by molar-refractivity contribution is 6.00. The number of nitrogens with one attached hydrogen (secondary N) is 1. The van der Waals surface area contributed by atoms with Crippen LogP contribution in [0.25, 0.3) is 11.3 Å². The molecule has 3 N–H and O–H groups in total. The molecule has 0 bridgehead atoms. The molecule has 162 valence electrons. The van der Waals surface area contributed by atoms with Gasteiger partial charge in [-0.15, -0.1) is 0 Å². The van der Waals surface area contributed by atoms with E-state index in [0.717, 1.165) is 11.8 Å². The van der Waals surface area contributed by atoms with E-state index in [1.165, 1.54) is 7.11 Å². The zero-order valence-corrected chi connectivity index (χ0v) is 16.8. The molecular weight excluding hydrogens is 406 g/mol. The minimum atomic E-state index is -2.92. The van der Waals surface area contributed by atoms with Crippen molar-refractivity contribution in [2.75, 3.05) is 7.11 Å². The largest absolute Gasteiger partial charge is 0.497 e. The molecule has 1 aromatic heterocycles. The Labute approximate surface area is 177 Å². The van der Waals surface area contributed by atoms with E-state index in [2.05, 4.69) is 10.4 Å². The molecule has 0 saturated carbocycles. The Hall–Kier alpha value is -3.75. The minimum absolute atomic E-state index is 0.0453. The molecule has 3 rings (SSSR count).